The Balaban J connectivity index is 2.60. The number of ether oxygens (including phenoxy) is 1. The van der Waals surface area contributed by atoms with Crippen molar-refractivity contribution >= 4 is 5.69 Å². The molecule has 0 radical (unpaired) electrons. The second-order valence-corrected chi connectivity index (χ2v) is 2.78. The summed E-state index contributed by atoms with van der Waals surface area (Å²) in [5, 5.41) is 0. The van der Waals surface area contributed by atoms with Gasteiger partial charge in [-0.25, -0.2) is 4.85 Å². The number of para-hydroxylation sites is 2. The smallest absolute Gasteiger partial charge is 0.228 e. The van der Waals surface area contributed by atoms with E-state index in [-0.39, 0.29) is 0 Å². The average molecular weight is 175 g/mol. The molecule has 0 aliphatic carbocycles. The summed E-state index contributed by atoms with van der Waals surface area (Å²) in [6, 6.07) is 7.34. The predicted molar refractivity (Wildman–Crippen MR) is 53.1 cm³/mol. The topological polar surface area (TPSA) is 13.6 Å². The van der Waals surface area contributed by atoms with Crippen molar-refractivity contribution in [1.29, 1.82) is 0 Å². The third-order valence-electron chi connectivity index (χ3n) is 1.74. The van der Waals surface area contributed by atoms with Crippen molar-refractivity contribution in [3.63, 3.8) is 0 Å². The SMILES string of the molecule is [C-]#[N+]c1ccccc1OCCCC. The Hall–Kier alpha value is -1.49. The zero-order valence-electron chi connectivity index (χ0n) is 7.79. The highest BCUT2D eigenvalue weighted by Gasteiger charge is 2.00. The van der Waals surface area contributed by atoms with Crippen molar-refractivity contribution in [2.45, 2.75) is 19.8 Å². The first-order valence-electron chi connectivity index (χ1n) is 4.47. The van der Waals surface area contributed by atoms with Gasteiger partial charge in [0.1, 0.15) is 5.75 Å². The molecule has 0 saturated heterocycles. The van der Waals surface area contributed by atoms with Gasteiger partial charge >= 0.3 is 0 Å². The summed E-state index contributed by atoms with van der Waals surface area (Å²) in [5.41, 5.74) is 0.596. The van der Waals surface area contributed by atoms with E-state index in [1.165, 1.54) is 0 Å². The molecule has 0 saturated carbocycles. The summed E-state index contributed by atoms with van der Waals surface area (Å²) in [6.45, 7) is 9.72. The van der Waals surface area contributed by atoms with Gasteiger partial charge in [0, 0.05) is 0 Å². The number of unbranched alkanes of at least 4 members (excludes halogenated alkanes) is 1. The second-order valence-electron chi connectivity index (χ2n) is 2.78. The van der Waals surface area contributed by atoms with Crippen molar-refractivity contribution in [1.82, 2.24) is 0 Å². The van der Waals surface area contributed by atoms with Gasteiger partial charge in [0.2, 0.25) is 5.69 Å². The van der Waals surface area contributed by atoms with Crippen LogP contribution in [0.2, 0.25) is 0 Å². The lowest BCUT2D eigenvalue weighted by Crippen LogP contribution is -1.95. The molecule has 0 bridgehead atoms. The van der Waals surface area contributed by atoms with Crippen LogP contribution < -0.4 is 4.74 Å². The summed E-state index contributed by atoms with van der Waals surface area (Å²) in [4.78, 5) is 3.37. The number of nitrogens with zero attached hydrogens (tertiary/aromatic N) is 1. The van der Waals surface area contributed by atoms with Crippen LogP contribution in [0.1, 0.15) is 19.8 Å². The van der Waals surface area contributed by atoms with Crippen LogP contribution in [0.4, 0.5) is 5.69 Å². The first kappa shape index (κ1) is 9.60. The molecule has 1 aromatic rings. The summed E-state index contributed by atoms with van der Waals surface area (Å²) >= 11 is 0. The van der Waals surface area contributed by atoms with E-state index in [9.17, 15) is 0 Å². The minimum absolute atomic E-state index is 0.596. The predicted octanol–water partition coefficient (Wildman–Crippen LogP) is 3.42. The van der Waals surface area contributed by atoms with Gasteiger partial charge in [0.05, 0.1) is 13.2 Å². The summed E-state index contributed by atoms with van der Waals surface area (Å²) in [7, 11) is 0. The van der Waals surface area contributed by atoms with Crippen molar-refractivity contribution in [2.24, 2.45) is 0 Å². The van der Waals surface area contributed by atoms with E-state index in [0.29, 0.717) is 18.0 Å². The molecule has 0 fully saturated rings. The lowest BCUT2D eigenvalue weighted by atomic mass is 10.3. The van der Waals surface area contributed by atoms with Crippen LogP contribution in [-0.4, -0.2) is 6.61 Å². The molecule has 0 aromatic heterocycles. The van der Waals surface area contributed by atoms with E-state index in [1.54, 1.807) is 6.07 Å². The Bertz CT molecular complexity index is 301. The van der Waals surface area contributed by atoms with Crippen LogP contribution in [0.15, 0.2) is 24.3 Å². The van der Waals surface area contributed by atoms with Crippen LogP contribution in [0.3, 0.4) is 0 Å². The van der Waals surface area contributed by atoms with Crippen molar-refractivity contribution < 1.29 is 4.74 Å². The highest BCUT2D eigenvalue weighted by Crippen LogP contribution is 2.26. The Morgan fingerprint density at radius 2 is 2.15 bits per heavy atom. The van der Waals surface area contributed by atoms with Gasteiger partial charge in [-0.2, -0.15) is 0 Å². The summed E-state index contributed by atoms with van der Waals surface area (Å²) in [5.74, 6) is 0.700. The first-order valence-corrected chi connectivity index (χ1v) is 4.47. The van der Waals surface area contributed by atoms with E-state index in [1.807, 2.05) is 18.2 Å². The maximum atomic E-state index is 6.91. The molecule has 2 nitrogen and oxygen atoms in total. The highest BCUT2D eigenvalue weighted by atomic mass is 16.5. The third-order valence-corrected chi connectivity index (χ3v) is 1.74. The van der Waals surface area contributed by atoms with E-state index in [0.717, 1.165) is 12.8 Å². The summed E-state index contributed by atoms with van der Waals surface area (Å²) < 4.78 is 5.45. The van der Waals surface area contributed by atoms with Crippen LogP contribution in [-0.2, 0) is 0 Å². The fraction of sp³-hybridized carbons (Fsp3) is 0.364. The average Bonchev–Trinajstić information content (AvgIpc) is 2.19. The minimum atomic E-state index is 0.596. The second kappa shape index (κ2) is 5.21. The zero-order valence-corrected chi connectivity index (χ0v) is 7.79. The Kier molecular flexibility index (Phi) is 3.84. The molecule has 0 unspecified atom stereocenters. The molecule has 0 heterocycles. The van der Waals surface area contributed by atoms with Gasteiger partial charge < -0.3 is 4.74 Å². The maximum absolute atomic E-state index is 6.91. The van der Waals surface area contributed by atoms with Crippen LogP contribution in [0, 0.1) is 6.57 Å². The molecular formula is C11H13NO. The van der Waals surface area contributed by atoms with E-state index >= 15 is 0 Å². The normalized spacial score (nSPS) is 9.23. The fourth-order valence-electron chi connectivity index (χ4n) is 0.998. The van der Waals surface area contributed by atoms with Gasteiger partial charge in [0.15, 0.2) is 0 Å². The van der Waals surface area contributed by atoms with Gasteiger partial charge in [-0.3, -0.25) is 0 Å². The molecule has 0 N–H and O–H groups in total. The van der Waals surface area contributed by atoms with E-state index in [2.05, 4.69) is 11.8 Å². The highest BCUT2D eigenvalue weighted by molar-refractivity contribution is 5.56. The molecule has 1 rings (SSSR count). The van der Waals surface area contributed by atoms with Gasteiger partial charge in [-0.05, 0) is 12.5 Å². The van der Waals surface area contributed by atoms with Gasteiger partial charge in [-0.1, -0.05) is 31.5 Å². The van der Waals surface area contributed by atoms with Crippen LogP contribution in [0.5, 0.6) is 5.75 Å². The number of hydrogen-bond donors (Lipinski definition) is 0. The zero-order chi connectivity index (χ0) is 9.52. The number of hydrogen-bond acceptors (Lipinski definition) is 1. The Labute approximate surface area is 79.0 Å². The molecule has 0 amide bonds. The molecule has 0 atom stereocenters. The fourth-order valence-corrected chi connectivity index (χ4v) is 0.998. The monoisotopic (exact) mass is 175 g/mol. The lowest BCUT2D eigenvalue weighted by molar-refractivity contribution is 0.311. The Morgan fingerprint density at radius 3 is 2.85 bits per heavy atom. The maximum Gasteiger partial charge on any atom is 0.228 e. The van der Waals surface area contributed by atoms with Gasteiger partial charge in [-0.15, -0.1) is 0 Å². The molecule has 1 aromatic carbocycles. The molecule has 2 heteroatoms. The largest absolute Gasteiger partial charge is 0.505 e. The molecule has 0 aliphatic rings. The quantitative estimate of drug-likeness (QED) is 0.505. The van der Waals surface area contributed by atoms with Crippen molar-refractivity contribution in [3.05, 3.63) is 35.7 Å². The third kappa shape index (κ3) is 2.79. The molecule has 68 valence electrons. The number of rotatable bonds is 4. The minimum Gasteiger partial charge on any atom is -0.505 e. The lowest BCUT2D eigenvalue weighted by Gasteiger charge is -2.06. The van der Waals surface area contributed by atoms with Gasteiger partial charge in [0.25, 0.3) is 0 Å². The first-order chi connectivity index (χ1) is 6.38. The van der Waals surface area contributed by atoms with Crippen LogP contribution in [0.25, 0.3) is 4.85 Å². The summed E-state index contributed by atoms with van der Waals surface area (Å²) in [6.07, 6.45) is 2.15. The van der Waals surface area contributed by atoms with E-state index < -0.39 is 0 Å². The van der Waals surface area contributed by atoms with Crippen molar-refractivity contribution in [3.8, 4) is 5.75 Å². The standard InChI is InChI=1S/C11H13NO/c1-3-4-9-13-11-8-6-5-7-10(11)12-2/h5-8H,3-4,9H2,1H3. The molecule has 13 heavy (non-hydrogen) atoms. The molecule has 0 spiro atoms. The molecular weight excluding hydrogens is 162 g/mol. The Morgan fingerprint density at radius 1 is 1.38 bits per heavy atom. The number of benzene rings is 1. The van der Waals surface area contributed by atoms with Crippen molar-refractivity contribution in [2.75, 3.05) is 6.61 Å². The molecule has 0 aliphatic heterocycles. The van der Waals surface area contributed by atoms with E-state index in [4.69, 9.17) is 11.3 Å². The van der Waals surface area contributed by atoms with Crippen LogP contribution >= 0.6 is 0 Å².